The molecule has 1 N–H and O–H groups in total. The largest absolute Gasteiger partial charge is 0.507 e. The average molecular weight is 421 g/mol. The van der Waals surface area contributed by atoms with Crippen LogP contribution in [0.25, 0.3) is 11.0 Å². The second-order valence-electron chi connectivity index (χ2n) is 10.2. The van der Waals surface area contributed by atoms with Crippen molar-refractivity contribution in [2.75, 3.05) is 19.6 Å². The van der Waals surface area contributed by atoms with Crippen molar-refractivity contribution in [1.82, 2.24) is 9.80 Å². The summed E-state index contributed by atoms with van der Waals surface area (Å²) in [5.41, 5.74) is 3.48. The molecule has 1 aliphatic carbocycles. The van der Waals surface area contributed by atoms with E-state index in [0.29, 0.717) is 24.1 Å². The molecule has 4 atom stereocenters. The third kappa shape index (κ3) is 3.25. The normalized spacial score (nSPS) is 31.2. The Hall–Kier alpha value is -2.11. The lowest BCUT2D eigenvalue weighted by Gasteiger charge is -2.54. The van der Waals surface area contributed by atoms with Crippen molar-refractivity contribution in [2.45, 2.75) is 64.1 Å². The number of phenolic OH excluding ortho intramolecular Hbond substituents is 1. The molecule has 6 rings (SSSR count). The topological polar surface area (TPSA) is 56.9 Å². The van der Waals surface area contributed by atoms with Gasteiger partial charge in [-0.05, 0) is 81.6 Å². The molecule has 2 aromatic rings. The molecule has 1 aromatic heterocycles. The van der Waals surface area contributed by atoms with Gasteiger partial charge in [-0.1, -0.05) is 18.1 Å². The molecule has 1 aromatic carbocycles. The summed E-state index contributed by atoms with van der Waals surface area (Å²) in [6.07, 6.45) is 10.4. The van der Waals surface area contributed by atoms with E-state index in [4.69, 9.17) is 4.42 Å². The Morgan fingerprint density at radius 1 is 1.19 bits per heavy atom. The molecule has 0 amide bonds. The van der Waals surface area contributed by atoms with Crippen molar-refractivity contribution in [1.29, 1.82) is 0 Å². The molecule has 2 bridgehead atoms. The van der Waals surface area contributed by atoms with Crippen LogP contribution in [0.15, 0.2) is 39.1 Å². The maximum atomic E-state index is 12.1. The molecule has 0 saturated carbocycles. The van der Waals surface area contributed by atoms with E-state index in [0.717, 1.165) is 41.4 Å². The summed E-state index contributed by atoms with van der Waals surface area (Å²) in [4.78, 5) is 17.4. The number of fused-ring (bicyclic) bond motifs is 7. The minimum absolute atomic E-state index is 0.228. The summed E-state index contributed by atoms with van der Waals surface area (Å²) in [5.74, 6) is 1.60. The maximum absolute atomic E-state index is 12.1. The minimum Gasteiger partial charge on any atom is -0.507 e. The van der Waals surface area contributed by atoms with Gasteiger partial charge in [0, 0.05) is 36.6 Å². The Morgan fingerprint density at radius 3 is 3.00 bits per heavy atom. The van der Waals surface area contributed by atoms with E-state index in [1.165, 1.54) is 51.3 Å². The van der Waals surface area contributed by atoms with Crippen LogP contribution < -0.4 is 5.63 Å². The third-order valence-electron chi connectivity index (χ3n) is 8.32. The summed E-state index contributed by atoms with van der Waals surface area (Å²) in [5, 5.41) is 11.7. The minimum atomic E-state index is -0.347. The Kier molecular flexibility index (Phi) is 4.73. The molecule has 0 radical (unpaired) electrons. The lowest BCUT2D eigenvalue weighted by atomic mass is 9.68. The highest BCUT2D eigenvalue weighted by Gasteiger charge is 2.45. The fourth-order valence-electron chi connectivity index (χ4n) is 7.05. The van der Waals surface area contributed by atoms with Gasteiger partial charge < -0.3 is 9.52 Å². The van der Waals surface area contributed by atoms with Gasteiger partial charge >= 0.3 is 5.63 Å². The van der Waals surface area contributed by atoms with Crippen molar-refractivity contribution >= 4 is 11.0 Å². The predicted octanol–water partition coefficient (Wildman–Crippen LogP) is 4.20. The number of benzene rings is 1. The summed E-state index contributed by atoms with van der Waals surface area (Å²) < 4.78 is 5.62. The SMILES string of the molecule is Cc1cc(=O)oc2c(CN3CCCC4=CC5CC(CN6CCCC[C@H]56)[C@@H]43)c(O)ccc12. The zero-order chi connectivity index (χ0) is 21.1. The molecule has 0 spiro atoms. The van der Waals surface area contributed by atoms with Crippen LogP contribution in [-0.4, -0.2) is 46.6 Å². The Labute approximate surface area is 183 Å². The van der Waals surface area contributed by atoms with Gasteiger partial charge in [0.15, 0.2) is 0 Å². The number of aryl methyl sites for hydroxylation is 1. The monoisotopic (exact) mass is 420 g/mol. The van der Waals surface area contributed by atoms with Crippen molar-refractivity contribution in [2.24, 2.45) is 11.8 Å². The van der Waals surface area contributed by atoms with Gasteiger partial charge in [-0.3, -0.25) is 9.80 Å². The van der Waals surface area contributed by atoms with Gasteiger partial charge in [0.25, 0.3) is 0 Å². The van der Waals surface area contributed by atoms with E-state index in [-0.39, 0.29) is 11.4 Å². The van der Waals surface area contributed by atoms with E-state index in [1.807, 2.05) is 13.0 Å². The molecule has 2 unspecified atom stereocenters. The van der Waals surface area contributed by atoms with Gasteiger partial charge in [0.05, 0.1) is 5.56 Å². The van der Waals surface area contributed by atoms with Crippen molar-refractivity contribution in [3.05, 3.63) is 51.4 Å². The smallest absolute Gasteiger partial charge is 0.336 e. The molecular weight excluding hydrogens is 388 g/mol. The average Bonchev–Trinajstić information content (AvgIpc) is 2.76. The second kappa shape index (κ2) is 7.49. The summed E-state index contributed by atoms with van der Waals surface area (Å²) in [7, 11) is 0. The first kappa shape index (κ1) is 19.6. The quantitative estimate of drug-likeness (QED) is 0.583. The standard InChI is InChI=1S/C26H32N2O3/c1-16-11-24(30)31-26-20(16)7-8-23(29)21(26)15-28-10-4-5-17-12-18-13-19(25(17)28)14-27-9-3-2-6-22(18)27/h7-8,11-12,18-19,22,25,29H,2-6,9-10,13-15H2,1H3/t18?,19?,22-,25-/m1/s1. The van der Waals surface area contributed by atoms with Crippen LogP contribution in [-0.2, 0) is 6.54 Å². The van der Waals surface area contributed by atoms with E-state index in [9.17, 15) is 9.90 Å². The van der Waals surface area contributed by atoms with Crippen LogP contribution in [0.1, 0.15) is 49.7 Å². The highest BCUT2D eigenvalue weighted by molar-refractivity contribution is 5.84. The van der Waals surface area contributed by atoms with Crippen molar-refractivity contribution < 1.29 is 9.52 Å². The second-order valence-corrected chi connectivity index (χ2v) is 10.2. The summed E-state index contributed by atoms with van der Waals surface area (Å²) in [6.45, 7) is 6.04. The van der Waals surface area contributed by atoms with Crippen LogP contribution in [0.2, 0.25) is 0 Å². The Morgan fingerprint density at radius 2 is 2.10 bits per heavy atom. The Balaban J connectivity index is 1.37. The summed E-state index contributed by atoms with van der Waals surface area (Å²) >= 11 is 0. The van der Waals surface area contributed by atoms with E-state index in [2.05, 4.69) is 15.9 Å². The first-order valence-electron chi connectivity index (χ1n) is 12.0. The lowest BCUT2D eigenvalue weighted by Crippen LogP contribution is -2.59. The van der Waals surface area contributed by atoms with Crippen molar-refractivity contribution in [3.8, 4) is 5.75 Å². The fourth-order valence-corrected chi connectivity index (χ4v) is 7.05. The molecule has 4 aliphatic rings. The van der Waals surface area contributed by atoms with E-state index >= 15 is 0 Å². The fraction of sp³-hybridized carbons (Fsp3) is 0.577. The molecule has 3 fully saturated rings. The first-order valence-corrected chi connectivity index (χ1v) is 12.0. The van der Waals surface area contributed by atoms with Crippen LogP contribution in [0.4, 0.5) is 0 Å². The predicted molar refractivity (Wildman–Crippen MR) is 121 cm³/mol. The van der Waals surface area contributed by atoms with E-state index in [1.54, 1.807) is 11.6 Å². The number of aromatic hydroxyl groups is 1. The van der Waals surface area contributed by atoms with Crippen LogP contribution in [0.5, 0.6) is 5.75 Å². The molecule has 3 saturated heterocycles. The molecule has 3 aliphatic heterocycles. The third-order valence-corrected chi connectivity index (χ3v) is 8.32. The zero-order valence-corrected chi connectivity index (χ0v) is 18.3. The lowest BCUT2D eigenvalue weighted by molar-refractivity contribution is -0.00274. The number of rotatable bonds is 2. The number of piperidine rings is 3. The van der Waals surface area contributed by atoms with E-state index < -0.39 is 0 Å². The van der Waals surface area contributed by atoms with Gasteiger partial charge in [0.2, 0.25) is 0 Å². The van der Waals surface area contributed by atoms with Gasteiger partial charge in [0.1, 0.15) is 11.3 Å². The maximum Gasteiger partial charge on any atom is 0.336 e. The molecule has 164 valence electrons. The molecular formula is C26H32N2O3. The highest BCUT2D eigenvalue weighted by atomic mass is 16.4. The number of hydrogen-bond donors (Lipinski definition) is 1. The highest BCUT2D eigenvalue weighted by Crippen LogP contribution is 2.45. The first-order chi connectivity index (χ1) is 15.1. The van der Waals surface area contributed by atoms with Crippen LogP contribution in [0.3, 0.4) is 0 Å². The van der Waals surface area contributed by atoms with Gasteiger partial charge in [-0.25, -0.2) is 4.79 Å². The van der Waals surface area contributed by atoms with Crippen LogP contribution in [0, 0.1) is 18.8 Å². The number of nitrogens with zero attached hydrogens (tertiary/aromatic N) is 2. The Bertz CT molecular complexity index is 1100. The van der Waals surface area contributed by atoms with Crippen LogP contribution >= 0.6 is 0 Å². The number of phenols is 1. The zero-order valence-electron chi connectivity index (χ0n) is 18.3. The molecule has 5 nitrogen and oxygen atoms in total. The molecule has 31 heavy (non-hydrogen) atoms. The molecule has 4 heterocycles. The summed E-state index contributed by atoms with van der Waals surface area (Å²) in [6, 6.07) is 6.34. The van der Waals surface area contributed by atoms with Gasteiger partial charge in [-0.15, -0.1) is 0 Å². The number of hydrogen-bond acceptors (Lipinski definition) is 5. The van der Waals surface area contributed by atoms with Crippen molar-refractivity contribution in [3.63, 3.8) is 0 Å². The van der Waals surface area contributed by atoms with Gasteiger partial charge in [-0.2, -0.15) is 0 Å². The molecule has 5 heteroatoms. The number of likely N-dealkylation sites (tertiary alicyclic amines) is 1.